The minimum absolute atomic E-state index is 0.445. The van der Waals surface area contributed by atoms with E-state index in [1.807, 2.05) is 32.0 Å². The summed E-state index contributed by atoms with van der Waals surface area (Å²) in [6.07, 6.45) is 3.02. The number of aryl methyl sites for hydroxylation is 2. The smallest absolute Gasteiger partial charge is 0.336 e. The fraction of sp³-hybridized carbons (Fsp3) is 0.211. The Kier molecular flexibility index (Phi) is 5.41. The molecule has 0 amide bonds. The van der Waals surface area contributed by atoms with Gasteiger partial charge in [-0.05, 0) is 61.4 Å². The summed E-state index contributed by atoms with van der Waals surface area (Å²) in [7, 11) is 3.16. The van der Waals surface area contributed by atoms with Gasteiger partial charge in [-0.15, -0.1) is 0 Å². The first kappa shape index (κ1) is 16.6. The molecule has 0 saturated carbocycles. The van der Waals surface area contributed by atoms with E-state index >= 15 is 0 Å². The van der Waals surface area contributed by atoms with Gasteiger partial charge in [-0.25, -0.2) is 4.79 Å². The number of carbonyl (C=O) groups excluding carboxylic acids is 1. The van der Waals surface area contributed by atoms with E-state index in [9.17, 15) is 4.79 Å². The minimum Gasteiger partial charge on any atom is -0.497 e. The number of rotatable bonds is 5. The van der Waals surface area contributed by atoms with Crippen LogP contribution in [0, 0.1) is 13.8 Å². The maximum atomic E-state index is 12.0. The number of ether oxygens (including phenoxy) is 3. The summed E-state index contributed by atoms with van der Waals surface area (Å²) >= 11 is 0. The SMILES string of the molecule is COc1ccc(OC)c(/C=C/C(=O)Oc2cc(C)cc(C)c2)c1. The molecule has 0 spiro atoms. The average molecular weight is 312 g/mol. The largest absolute Gasteiger partial charge is 0.497 e. The standard InChI is InChI=1S/C19H20O4/c1-13-9-14(2)11-17(10-13)23-19(20)8-5-15-12-16(21-3)6-7-18(15)22-4/h5-12H,1-4H3/b8-5+. The molecule has 4 heteroatoms. The Morgan fingerprint density at radius 2 is 1.61 bits per heavy atom. The van der Waals surface area contributed by atoms with Gasteiger partial charge >= 0.3 is 5.97 Å². The Balaban J connectivity index is 2.14. The van der Waals surface area contributed by atoms with Crippen molar-refractivity contribution >= 4 is 12.0 Å². The predicted octanol–water partition coefficient (Wildman–Crippen LogP) is 3.94. The van der Waals surface area contributed by atoms with Gasteiger partial charge < -0.3 is 14.2 Å². The highest BCUT2D eigenvalue weighted by Gasteiger charge is 2.05. The molecule has 0 N–H and O–H groups in total. The molecule has 4 nitrogen and oxygen atoms in total. The molecule has 2 rings (SSSR count). The number of benzene rings is 2. The van der Waals surface area contributed by atoms with Gasteiger partial charge in [0.25, 0.3) is 0 Å². The number of esters is 1. The number of hydrogen-bond acceptors (Lipinski definition) is 4. The zero-order valence-corrected chi connectivity index (χ0v) is 13.8. The molecule has 0 saturated heterocycles. The maximum Gasteiger partial charge on any atom is 0.336 e. The van der Waals surface area contributed by atoms with Crippen molar-refractivity contribution < 1.29 is 19.0 Å². The second-order valence-electron chi connectivity index (χ2n) is 5.19. The van der Waals surface area contributed by atoms with E-state index in [4.69, 9.17) is 14.2 Å². The van der Waals surface area contributed by atoms with Gasteiger partial charge in [-0.1, -0.05) is 6.07 Å². The summed E-state index contributed by atoms with van der Waals surface area (Å²) in [5.41, 5.74) is 2.83. The lowest BCUT2D eigenvalue weighted by Crippen LogP contribution is -2.04. The van der Waals surface area contributed by atoms with Crippen molar-refractivity contribution in [3.63, 3.8) is 0 Å². The maximum absolute atomic E-state index is 12.0. The van der Waals surface area contributed by atoms with Crippen LogP contribution in [0.5, 0.6) is 17.2 Å². The highest BCUT2D eigenvalue weighted by molar-refractivity contribution is 5.89. The molecule has 2 aromatic rings. The number of carbonyl (C=O) groups is 1. The zero-order chi connectivity index (χ0) is 16.8. The summed E-state index contributed by atoms with van der Waals surface area (Å²) in [5.74, 6) is 1.43. The lowest BCUT2D eigenvalue weighted by molar-refractivity contribution is -0.128. The summed E-state index contributed by atoms with van der Waals surface area (Å²) < 4.78 is 15.8. The first-order chi connectivity index (χ1) is 11.0. The Morgan fingerprint density at radius 3 is 2.22 bits per heavy atom. The molecular weight excluding hydrogens is 292 g/mol. The summed E-state index contributed by atoms with van der Waals surface area (Å²) in [6.45, 7) is 3.92. The third kappa shape index (κ3) is 4.61. The van der Waals surface area contributed by atoms with Gasteiger partial charge in [0.2, 0.25) is 0 Å². The van der Waals surface area contributed by atoms with Crippen LogP contribution < -0.4 is 14.2 Å². The molecule has 23 heavy (non-hydrogen) atoms. The van der Waals surface area contributed by atoms with Crippen molar-refractivity contribution in [2.45, 2.75) is 13.8 Å². The Labute approximate surface area is 136 Å². The quantitative estimate of drug-likeness (QED) is 0.476. The Morgan fingerprint density at radius 1 is 0.913 bits per heavy atom. The zero-order valence-electron chi connectivity index (χ0n) is 13.8. The van der Waals surface area contributed by atoms with E-state index < -0.39 is 5.97 Å². The van der Waals surface area contributed by atoms with Crippen LogP contribution in [0.2, 0.25) is 0 Å². The van der Waals surface area contributed by atoms with Crippen molar-refractivity contribution in [3.05, 3.63) is 59.2 Å². The van der Waals surface area contributed by atoms with E-state index in [-0.39, 0.29) is 0 Å². The molecule has 0 aliphatic carbocycles. The lowest BCUT2D eigenvalue weighted by atomic mass is 10.1. The molecule has 0 bridgehead atoms. The summed E-state index contributed by atoms with van der Waals surface area (Å²) in [4.78, 5) is 12.0. The van der Waals surface area contributed by atoms with Crippen LogP contribution >= 0.6 is 0 Å². The van der Waals surface area contributed by atoms with Crippen molar-refractivity contribution in [1.82, 2.24) is 0 Å². The van der Waals surface area contributed by atoms with E-state index in [0.29, 0.717) is 17.2 Å². The lowest BCUT2D eigenvalue weighted by Gasteiger charge is -2.07. The van der Waals surface area contributed by atoms with E-state index in [1.54, 1.807) is 38.5 Å². The molecule has 0 aliphatic rings. The molecule has 120 valence electrons. The number of hydrogen-bond donors (Lipinski definition) is 0. The van der Waals surface area contributed by atoms with E-state index in [0.717, 1.165) is 16.7 Å². The monoisotopic (exact) mass is 312 g/mol. The van der Waals surface area contributed by atoms with Gasteiger partial charge in [0, 0.05) is 11.6 Å². The first-order valence-corrected chi connectivity index (χ1v) is 7.22. The first-order valence-electron chi connectivity index (χ1n) is 7.22. The minimum atomic E-state index is -0.445. The second-order valence-corrected chi connectivity index (χ2v) is 5.19. The average Bonchev–Trinajstić information content (AvgIpc) is 2.51. The van der Waals surface area contributed by atoms with Gasteiger partial charge in [0.1, 0.15) is 17.2 Å². The molecule has 0 unspecified atom stereocenters. The molecular formula is C19H20O4. The van der Waals surface area contributed by atoms with Crippen molar-refractivity contribution in [3.8, 4) is 17.2 Å². The van der Waals surface area contributed by atoms with Crippen LogP contribution in [0.15, 0.2) is 42.5 Å². The van der Waals surface area contributed by atoms with Gasteiger partial charge in [0.15, 0.2) is 0 Å². The third-order valence-corrected chi connectivity index (χ3v) is 3.25. The highest BCUT2D eigenvalue weighted by Crippen LogP contribution is 2.25. The summed E-state index contributed by atoms with van der Waals surface area (Å²) in [6, 6.07) is 11.0. The van der Waals surface area contributed by atoms with Gasteiger partial charge in [-0.2, -0.15) is 0 Å². The van der Waals surface area contributed by atoms with Crippen LogP contribution in [0.1, 0.15) is 16.7 Å². The third-order valence-electron chi connectivity index (χ3n) is 3.25. The van der Waals surface area contributed by atoms with E-state index in [1.165, 1.54) is 6.08 Å². The second kappa shape index (κ2) is 7.49. The molecule has 0 radical (unpaired) electrons. The normalized spacial score (nSPS) is 10.6. The Bertz CT molecular complexity index is 712. The van der Waals surface area contributed by atoms with Crippen molar-refractivity contribution in [2.24, 2.45) is 0 Å². The molecule has 0 aliphatic heterocycles. The van der Waals surface area contributed by atoms with Gasteiger partial charge in [-0.3, -0.25) is 0 Å². The Hall–Kier alpha value is -2.75. The molecule has 0 fully saturated rings. The number of methoxy groups -OCH3 is 2. The predicted molar refractivity (Wildman–Crippen MR) is 90.1 cm³/mol. The molecule has 0 aromatic heterocycles. The van der Waals surface area contributed by atoms with Crippen molar-refractivity contribution in [2.75, 3.05) is 14.2 Å². The van der Waals surface area contributed by atoms with Crippen LogP contribution in [0.25, 0.3) is 6.08 Å². The fourth-order valence-corrected chi connectivity index (χ4v) is 2.27. The van der Waals surface area contributed by atoms with E-state index in [2.05, 4.69) is 0 Å². The molecule has 0 atom stereocenters. The van der Waals surface area contributed by atoms with Crippen LogP contribution in [0.3, 0.4) is 0 Å². The topological polar surface area (TPSA) is 44.8 Å². The molecule has 0 heterocycles. The van der Waals surface area contributed by atoms with Gasteiger partial charge in [0.05, 0.1) is 14.2 Å². The van der Waals surface area contributed by atoms with Crippen LogP contribution in [-0.4, -0.2) is 20.2 Å². The fourth-order valence-electron chi connectivity index (χ4n) is 2.27. The van der Waals surface area contributed by atoms with Crippen LogP contribution in [-0.2, 0) is 4.79 Å². The van der Waals surface area contributed by atoms with Crippen molar-refractivity contribution in [1.29, 1.82) is 0 Å². The highest BCUT2D eigenvalue weighted by atomic mass is 16.5. The summed E-state index contributed by atoms with van der Waals surface area (Å²) in [5, 5.41) is 0. The molecule has 2 aromatic carbocycles. The van der Waals surface area contributed by atoms with Crippen LogP contribution in [0.4, 0.5) is 0 Å².